The van der Waals surface area contributed by atoms with Crippen LogP contribution in [0.15, 0.2) is 65.4 Å². The quantitative estimate of drug-likeness (QED) is 0.340. The summed E-state index contributed by atoms with van der Waals surface area (Å²) in [4.78, 5) is 13.1. The van der Waals surface area contributed by atoms with Crippen molar-refractivity contribution in [1.29, 1.82) is 0 Å². The van der Waals surface area contributed by atoms with Crippen LogP contribution in [0.3, 0.4) is 0 Å². The van der Waals surface area contributed by atoms with Crippen molar-refractivity contribution in [2.24, 2.45) is 7.05 Å². The van der Waals surface area contributed by atoms with E-state index in [0.717, 1.165) is 33.3 Å². The Hall–Kier alpha value is -4.64. The van der Waals surface area contributed by atoms with Crippen molar-refractivity contribution in [2.75, 3.05) is 0 Å². The highest BCUT2D eigenvalue weighted by molar-refractivity contribution is 5.86. The Morgan fingerprint density at radius 1 is 1.11 bits per heavy atom. The molecule has 5 heterocycles. The lowest BCUT2D eigenvalue weighted by molar-refractivity contribution is 0.317. The lowest BCUT2D eigenvalue weighted by Crippen LogP contribution is -2.51. The van der Waals surface area contributed by atoms with Crippen LogP contribution in [0, 0.1) is 12.7 Å². The van der Waals surface area contributed by atoms with Gasteiger partial charge in [0, 0.05) is 42.2 Å². The van der Waals surface area contributed by atoms with Crippen LogP contribution < -0.4 is 5.32 Å². The molecule has 1 aliphatic rings. The molecule has 3 N–H and O–H groups in total. The molecule has 1 unspecified atom stereocenters. The number of aromatic amines is 2. The maximum absolute atomic E-state index is 13.5. The third-order valence-electron chi connectivity index (χ3n) is 6.92. The number of nitrogens with zero attached hydrogens (tertiary/aromatic N) is 6. The first-order valence-electron chi connectivity index (χ1n) is 11.9. The van der Waals surface area contributed by atoms with Gasteiger partial charge >= 0.3 is 0 Å². The van der Waals surface area contributed by atoms with Crippen LogP contribution in [0.4, 0.5) is 4.39 Å². The molecule has 0 saturated heterocycles. The average Bonchev–Trinajstić information content (AvgIpc) is 3.70. The monoisotopic (exact) mass is 495 g/mol. The maximum Gasteiger partial charge on any atom is 0.223 e. The van der Waals surface area contributed by atoms with Crippen molar-refractivity contribution < 1.29 is 8.91 Å². The Bertz CT molecular complexity index is 1700. The van der Waals surface area contributed by atoms with Crippen molar-refractivity contribution in [1.82, 2.24) is 45.4 Å². The number of hydrogen-bond acceptors (Lipinski definition) is 7. The van der Waals surface area contributed by atoms with Gasteiger partial charge < -0.3 is 9.51 Å². The third kappa shape index (κ3) is 3.31. The van der Waals surface area contributed by atoms with Gasteiger partial charge in [0.2, 0.25) is 11.7 Å². The Balaban J connectivity index is 1.44. The molecule has 7 rings (SSSR count). The average molecular weight is 496 g/mol. The number of hydrogen-bond donors (Lipinski definition) is 3. The molecular formula is C26H22FN9O. The SMILES string of the molecule is Cc1nc(C2(c3cnn(C)c3)N[C@@H](c3nc(-c4ccc(F)cc4)n[nH]3)Cc3c2[nH]c2ccccc32)no1. The van der Waals surface area contributed by atoms with Gasteiger partial charge in [-0.2, -0.15) is 15.2 Å². The van der Waals surface area contributed by atoms with Crippen LogP contribution in [0.2, 0.25) is 0 Å². The smallest absolute Gasteiger partial charge is 0.223 e. The summed E-state index contributed by atoms with van der Waals surface area (Å²) in [6.45, 7) is 1.77. The highest BCUT2D eigenvalue weighted by Gasteiger charge is 2.50. The van der Waals surface area contributed by atoms with Crippen LogP contribution in [-0.2, 0) is 19.0 Å². The van der Waals surface area contributed by atoms with E-state index in [2.05, 4.69) is 47.9 Å². The molecule has 4 aromatic heterocycles. The molecule has 0 aliphatic carbocycles. The van der Waals surface area contributed by atoms with E-state index in [-0.39, 0.29) is 11.9 Å². The summed E-state index contributed by atoms with van der Waals surface area (Å²) in [5.41, 5.74) is 3.63. The van der Waals surface area contributed by atoms with E-state index in [9.17, 15) is 4.39 Å². The molecule has 0 fully saturated rings. The Labute approximate surface area is 209 Å². The molecule has 0 radical (unpaired) electrons. The van der Waals surface area contributed by atoms with Gasteiger partial charge in [-0.3, -0.25) is 15.1 Å². The van der Waals surface area contributed by atoms with Gasteiger partial charge in [-0.1, -0.05) is 23.4 Å². The first kappa shape index (κ1) is 21.6. The number of aryl methyl sites for hydroxylation is 2. The van der Waals surface area contributed by atoms with Gasteiger partial charge in [0.1, 0.15) is 11.6 Å². The van der Waals surface area contributed by atoms with Crippen LogP contribution in [0.5, 0.6) is 0 Å². The zero-order chi connectivity index (χ0) is 25.1. The lowest BCUT2D eigenvalue weighted by atomic mass is 9.79. The molecule has 1 aliphatic heterocycles. The molecule has 184 valence electrons. The topological polar surface area (TPSA) is 126 Å². The summed E-state index contributed by atoms with van der Waals surface area (Å²) in [6.07, 6.45) is 4.39. The minimum absolute atomic E-state index is 0.285. The zero-order valence-corrected chi connectivity index (χ0v) is 20.0. The van der Waals surface area contributed by atoms with E-state index in [0.29, 0.717) is 29.8 Å². The number of benzene rings is 2. The first-order chi connectivity index (χ1) is 18.0. The van der Waals surface area contributed by atoms with E-state index >= 15 is 0 Å². The van der Waals surface area contributed by atoms with E-state index in [4.69, 9.17) is 9.51 Å². The van der Waals surface area contributed by atoms with Crippen molar-refractivity contribution >= 4 is 10.9 Å². The minimum Gasteiger partial charge on any atom is -0.356 e. The molecule has 37 heavy (non-hydrogen) atoms. The van der Waals surface area contributed by atoms with E-state index in [1.54, 1.807) is 29.9 Å². The number of para-hydroxylation sites is 1. The van der Waals surface area contributed by atoms with Gasteiger partial charge in [0.05, 0.1) is 17.9 Å². The molecule has 10 nitrogen and oxygen atoms in total. The molecular weight excluding hydrogens is 473 g/mol. The second-order valence-electron chi connectivity index (χ2n) is 9.27. The molecule has 0 spiro atoms. The second-order valence-corrected chi connectivity index (χ2v) is 9.27. The number of aromatic nitrogens is 8. The number of rotatable bonds is 4. The highest BCUT2D eigenvalue weighted by Crippen LogP contribution is 2.45. The second kappa shape index (κ2) is 7.93. The molecule has 2 atom stereocenters. The highest BCUT2D eigenvalue weighted by atomic mass is 19.1. The van der Waals surface area contributed by atoms with Crippen LogP contribution >= 0.6 is 0 Å². The maximum atomic E-state index is 13.5. The molecule has 0 bridgehead atoms. The van der Waals surface area contributed by atoms with Crippen LogP contribution in [-0.4, -0.2) is 40.1 Å². The summed E-state index contributed by atoms with van der Waals surface area (Å²) in [5, 5.41) is 21.2. The number of nitrogens with one attached hydrogen (secondary N) is 3. The molecule has 0 amide bonds. The Kier molecular flexibility index (Phi) is 4.64. The fourth-order valence-electron chi connectivity index (χ4n) is 5.24. The fourth-order valence-corrected chi connectivity index (χ4v) is 5.24. The van der Waals surface area contributed by atoms with E-state index in [1.165, 1.54) is 12.1 Å². The van der Waals surface area contributed by atoms with Crippen molar-refractivity contribution in [2.45, 2.75) is 24.9 Å². The van der Waals surface area contributed by atoms with Crippen LogP contribution in [0.1, 0.15) is 40.4 Å². The summed E-state index contributed by atoms with van der Waals surface area (Å²) >= 11 is 0. The fraction of sp³-hybridized carbons (Fsp3) is 0.192. The first-order valence-corrected chi connectivity index (χ1v) is 11.9. The molecule has 6 aromatic rings. The largest absolute Gasteiger partial charge is 0.356 e. The van der Waals surface area contributed by atoms with Gasteiger partial charge in [-0.05, 0) is 42.3 Å². The minimum atomic E-state index is -0.994. The van der Waals surface area contributed by atoms with Gasteiger partial charge in [0.15, 0.2) is 11.4 Å². The zero-order valence-electron chi connectivity index (χ0n) is 20.0. The lowest BCUT2D eigenvalue weighted by Gasteiger charge is -2.39. The third-order valence-corrected chi connectivity index (χ3v) is 6.92. The number of fused-ring (bicyclic) bond motifs is 3. The van der Waals surface area contributed by atoms with Gasteiger partial charge in [-0.25, -0.2) is 9.37 Å². The van der Waals surface area contributed by atoms with Crippen molar-refractivity contribution in [3.8, 4) is 11.4 Å². The van der Waals surface area contributed by atoms with E-state index < -0.39 is 5.54 Å². The molecule has 0 saturated carbocycles. The van der Waals surface area contributed by atoms with Crippen molar-refractivity contribution in [3.05, 3.63) is 101 Å². The Morgan fingerprint density at radius 3 is 2.70 bits per heavy atom. The van der Waals surface area contributed by atoms with Gasteiger partial charge in [0.25, 0.3) is 0 Å². The number of H-pyrrole nitrogens is 2. The predicted molar refractivity (Wildman–Crippen MR) is 132 cm³/mol. The predicted octanol–water partition coefficient (Wildman–Crippen LogP) is 3.70. The van der Waals surface area contributed by atoms with E-state index in [1.807, 2.05) is 25.4 Å². The molecule has 11 heteroatoms. The molecule has 2 aromatic carbocycles. The summed E-state index contributed by atoms with van der Waals surface area (Å²) in [7, 11) is 1.87. The van der Waals surface area contributed by atoms with Gasteiger partial charge in [-0.15, -0.1) is 0 Å². The number of halogens is 1. The normalized spacial score (nSPS) is 19.4. The Morgan fingerprint density at radius 2 is 1.95 bits per heavy atom. The summed E-state index contributed by atoms with van der Waals surface area (Å²) in [5.74, 6) is 1.75. The van der Waals surface area contributed by atoms with Crippen LogP contribution in [0.25, 0.3) is 22.3 Å². The summed E-state index contributed by atoms with van der Waals surface area (Å²) in [6, 6.07) is 14.0. The summed E-state index contributed by atoms with van der Waals surface area (Å²) < 4.78 is 20.7. The standard InChI is InChI=1S/C26H22FN9O/c1-14-29-25(35-37-14)26(16-12-28-36(2)13-16)22-19(18-5-3-4-6-20(18)30-22)11-21(32-26)24-31-23(33-34-24)15-7-9-17(27)10-8-15/h3-10,12-13,21,30,32H,11H2,1-2H3,(H,31,33,34)/t21-,26?/m1/s1. The van der Waals surface area contributed by atoms with Crippen molar-refractivity contribution in [3.63, 3.8) is 0 Å².